The molecule has 0 aromatic rings. The van der Waals surface area contributed by atoms with Gasteiger partial charge in [0, 0.05) is 12.8 Å². The van der Waals surface area contributed by atoms with Gasteiger partial charge in [0.2, 0.25) is 0 Å². The summed E-state index contributed by atoms with van der Waals surface area (Å²) in [5, 5.41) is 0. The number of unbranched alkanes of at least 4 members (excludes halogenated alkanes) is 22. The third-order valence-electron chi connectivity index (χ3n) is 6.70. The van der Waals surface area contributed by atoms with Crippen molar-refractivity contribution in [3.05, 3.63) is 0 Å². The van der Waals surface area contributed by atoms with Crippen LogP contribution in [-0.2, 0) is 14.3 Å². The van der Waals surface area contributed by atoms with E-state index in [0.29, 0.717) is 12.8 Å². The van der Waals surface area contributed by atoms with Crippen molar-refractivity contribution in [1.29, 1.82) is 0 Å². The zero-order chi connectivity index (χ0) is 24.2. The van der Waals surface area contributed by atoms with Gasteiger partial charge in [-0.25, -0.2) is 0 Å². The second-order valence-electron chi connectivity index (χ2n) is 10.1. The van der Waals surface area contributed by atoms with Crippen molar-refractivity contribution in [1.82, 2.24) is 0 Å². The quantitative estimate of drug-likeness (QED) is 0.0505. The van der Waals surface area contributed by atoms with Gasteiger partial charge in [-0.05, 0) is 12.8 Å². The van der Waals surface area contributed by atoms with Gasteiger partial charge in [0.15, 0.2) is 0 Å². The molecule has 200 valence electrons. The van der Waals surface area contributed by atoms with Gasteiger partial charge in [-0.15, -0.1) is 0 Å². The first-order chi connectivity index (χ1) is 16.2. The van der Waals surface area contributed by atoms with Crippen LogP contribution in [0, 0.1) is 0 Å². The topological polar surface area (TPSA) is 43.4 Å². The molecule has 0 aliphatic carbocycles. The molecule has 0 atom stereocenters. The number of carbonyl (C=O) groups excluding carboxylic acids is 2. The van der Waals surface area contributed by atoms with Gasteiger partial charge in [0.1, 0.15) is 0 Å². The smallest absolute Gasteiger partial charge is 1.00 e. The summed E-state index contributed by atoms with van der Waals surface area (Å²) < 4.78 is 4.96. The first-order valence-corrected chi connectivity index (χ1v) is 14.9. The first kappa shape index (κ1) is 36.6. The van der Waals surface area contributed by atoms with Crippen molar-refractivity contribution in [3.63, 3.8) is 0 Å². The summed E-state index contributed by atoms with van der Waals surface area (Å²) in [5.74, 6) is -0.658. The maximum Gasteiger partial charge on any atom is 2.00 e. The molecule has 0 radical (unpaired) electrons. The van der Waals surface area contributed by atoms with Crippen LogP contribution < -0.4 is 0 Å². The van der Waals surface area contributed by atoms with Crippen molar-refractivity contribution < 1.29 is 17.2 Å². The molecule has 0 heterocycles. The van der Waals surface area contributed by atoms with E-state index in [0.717, 1.165) is 25.7 Å². The monoisotopic (exact) mass is 508 g/mol. The second-order valence-corrected chi connectivity index (χ2v) is 10.1. The first-order valence-electron chi connectivity index (χ1n) is 14.9. The molecule has 0 saturated carbocycles. The minimum Gasteiger partial charge on any atom is -1.00 e. The van der Waals surface area contributed by atoms with Crippen LogP contribution in [0.3, 0.4) is 0 Å². The van der Waals surface area contributed by atoms with Gasteiger partial charge in [0.05, 0.1) is 0 Å². The van der Waals surface area contributed by atoms with E-state index >= 15 is 0 Å². The Balaban J connectivity index is -0.00000171. The van der Waals surface area contributed by atoms with Crippen LogP contribution in [0.15, 0.2) is 0 Å². The standard InChI is InChI=1S/C30H58O3.Ca.2H/c1-3-5-7-9-11-13-14-15-16-17-18-20-22-24-26-28-30(32)33-29(31)27-25-23-21-19-12-10-8-6-4-2;;;/h3-28H2,1-2H3;;;/q;+2;2*-1. The van der Waals surface area contributed by atoms with Crippen molar-refractivity contribution in [3.8, 4) is 0 Å². The molecule has 0 saturated heterocycles. The minimum atomic E-state index is -0.330. The van der Waals surface area contributed by atoms with Gasteiger partial charge in [-0.2, -0.15) is 0 Å². The van der Waals surface area contributed by atoms with E-state index in [4.69, 9.17) is 4.74 Å². The average Bonchev–Trinajstić information content (AvgIpc) is 2.80. The molecule has 0 aromatic heterocycles. The third-order valence-corrected chi connectivity index (χ3v) is 6.70. The summed E-state index contributed by atoms with van der Waals surface area (Å²) in [5.41, 5.74) is 0. The van der Waals surface area contributed by atoms with Gasteiger partial charge in [0.25, 0.3) is 0 Å². The molecule has 0 fully saturated rings. The molecule has 0 aliphatic rings. The van der Waals surface area contributed by atoms with Crippen LogP contribution in [-0.4, -0.2) is 49.7 Å². The fourth-order valence-electron chi connectivity index (χ4n) is 4.45. The zero-order valence-corrected chi connectivity index (χ0v) is 25.5. The van der Waals surface area contributed by atoms with Crippen molar-refractivity contribution in [2.75, 3.05) is 0 Å². The fourth-order valence-corrected chi connectivity index (χ4v) is 4.45. The summed E-state index contributed by atoms with van der Waals surface area (Å²) in [4.78, 5) is 23.6. The molecule has 0 unspecified atom stereocenters. The zero-order valence-electron chi connectivity index (χ0n) is 25.3. The summed E-state index contributed by atoms with van der Waals surface area (Å²) in [6.45, 7) is 4.51. The molecule has 0 spiro atoms. The summed E-state index contributed by atoms with van der Waals surface area (Å²) in [7, 11) is 0. The number of hydrogen-bond acceptors (Lipinski definition) is 3. The van der Waals surface area contributed by atoms with Gasteiger partial charge < -0.3 is 7.59 Å². The van der Waals surface area contributed by atoms with Crippen molar-refractivity contribution in [2.45, 2.75) is 181 Å². The molecule has 0 amide bonds. The Morgan fingerprint density at radius 2 is 0.618 bits per heavy atom. The molecule has 0 aromatic carbocycles. The van der Waals surface area contributed by atoms with E-state index in [9.17, 15) is 9.59 Å². The molecule has 0 N–H and O–H groups in total. The largest absolute Gasteiger partial charge is 2.00 e. The molecule has 34 heavy (non-hydrogen) atoms. The van der Waals surface area contributed by atoms with E-state index in [2.05, 4.69) is 13.8 Å². The average molecular weight is 509 g/mol. The molecule has 0 rings (SSSR count). The maximum atomic E-state index is 11.8. The van der Waals surface area contributed by atoms with Crippen LogP contribution in [0.1, 0.15) is 184 Å². The number of esters is 2. The number of rotatable bonds is 26. The second kappa shape index (κ2) is 31.4. The SMILES string of the molecule is CCCCCCCCCCCCCCCCCC(=O)OC(=O)CCCCCCCCCCC.[Ca+2].[H-].[H-]. The Bertz CT molecular complexity index is 436. The van der Waals surface area contributed by atoms with Gasteiger partial charge in [-0.3, -0.25) is 9.59 Å². The van der Waals surface area contributed by atoms with Crippen LogP contribution >= 0.6 is 0 Å². The normalized spacial score (nSPS) is 10.8. The predicted octanol–water partition coefficient (Wildman–Crippen LogP) is 10.1. The number of hydrogen-bond donors (Lipinski definition) is 0. The maximum absolute atomic E-state index is 11.8. The minimum absolute atomic E-state index is 0. The van der Waals surface area contributed by atoms with E-state index in [-0.39, 0.29) is 52.5 Å². The molecule has 4 heteroatoms. The molecular formula is C30H60CaO3. The Kier molecular flexibility index (Phi) is 33.8. The van der Waals surface area contributed by atoms with Gasteiger partial charge >= 0.3 is 49.7 Å². The molecular weight excluding hydrogens is 448 g/mol. The predicted molar refractivity (Wildman–Crippen MR) is 150 cm³/mol. The van der Waals surface area contributed by atoms with Crippen LogP contribution in [0.5, 0.6) is 0 Å². The molecule has 0 bridgehead atoms. The van der Waals surface area contributed by atoms with E-state index in [1.54, 1.807) is 0 Å². The third kappa shape index (κ3) is 30.4. The molecule has 3 nitrogen and oxygen atoms in total. The fraction of sp³-hybridized carbons (Fsp3) is 0.933. The van der Waals surface area contributed by atoms with E-state index in [1.165, 1.54) is 128 Å². The van der Waals surface area contributed by atoms with Gasteiger partial charge in [-0.1, -0.05) is 155 Å². The van der Waals surface area contributed by atoms with Crippen molar-refractivity contribution >= 4 is 49.7 Å². The van der Waals surface area contributed by atoms with E-state index < -0.39 is 0 Å². The van der Waals surface area contributed by atoms with Crippen molar-refractivity contribution in [2.24, 2.45) is 0 Å². The van der Waals surface area contributed by atoms with Crippen LogP contribution in [0.4, 0.5) is 0 Å². The number of carbonyl (C=O) groups is 2. The Morgan fingerprint density at radius 3 is 0.853 bits per heavy atom. The number of ether oxygens (including phenoxy) is 1. The summed E-state index contributed by atoms with van der Waals surface area (Å²) in [6, 6.07) is 0. The van der Waals surface area contributed by atoms with E-state index in [1.807, 2.05) is 0 Å². The molecule has 0 aliphatic heterocycles. The summed E-state index contributed by atoms with van der Waals surface area (Å²) in [6.07, 6.45) is 31.4. The Hall–Kier alpha value is 0.400. The van der Waals surface area contributed by atoms with Crippen LogP contribution in [0.25, 0.3) is 0 Å². The Labute approximate surface area is 246 Å². The van der Waals surface area contributed by atoms with Crippen LogP contribution in [0.2, 0.25) is 0 Å². The Morgan fingerprint density at radius 1 is 0.412 bits per heavy atom. The summed E-state index contributed by atoms with van der Waals surface area (Å²) >= 11 is 0.